The smallest absolute Gasteiger partial charge is 0.223 e. The summed E-state index contributed by atoms with van der Waals surface area (Å²) in [7, 11) is 1.63. The summed E-state index contributed by atoms with van der Waals surface area (Å²) in [6.07, 6.45) is 1.15. The van der Waals surface area contributed by atoms with E-state index in [4.69, 9.17) is 9.47 Å². The molecule has 1 saturated heterocycles. The van der Waals surface area contributed by atoms with Gasteiger partial charge >= 0.3 is 0 Å². The molecule has 178 valence electrons. The summed E-state index contributed by atoms with van der Waals surface area (Å²) < 4.78 is 11.0. The predicted octanol–water partition coefficient (Wildman–Crippen LogP) is 4.14. The van der Waals surface area contributed by atoms with Crippen molar-refractivity contribution in [2.75, 3.05) is 44.8 Å². The topological polar surface area (TPSA) is 67.8 Å². The third-order valence-corrected chi connectivity index (χ3v) is 6.01. The number of carbonyl (C=O) groups excluding carboxylic acids is 1. The Morgan fingerprint density at radius 2 is 1.74 bits per heavy atom. The molecule has 0 radical (unpaired) electrons. The molecule has 1 aliphatic heterocycles. The molecule has 0 atom stereocenters. The summed E-state index contributed by atoms with van der Waals surface area (Å²) in [5.74, 6) is 3.28. The highest BCUT2D eigenvalue weighted by Crippen LogP contribution is 2.28. The molecule has 4 rings (SSSR count). The van der Waals surface area contributed by atoms with Crippen LogP contribution in [0.25, 0.3) is 11.3 Å². The van der Waals surface area contributed by atoms with Crippen molar-refractivity contribution in [1.82, 2.24) is 14.9 Å². The van der Waals surface area contributed by atoms with Crippen molar-refractivity contribution in [3.63, 3.8) is 0 Å². The van der Waals surface area contributed by atoms with Crippen LogP contribution in [0.5, 0.6) is 11.5 Å². The number of aromatic nitrogens is 2. The van der Waals surface area contributed by atoms with E-state index in [1.807, 2.05) is 61.2 Å². The zero-order valence-electron chi connectivity index (χ0n) is 20.2. The molecular formula is C27H32N4O3. The van der Waals surface area contributed by atoms with Crippen LogP contribution in [0.15, 0.2) is 54.6 Å². The lowest BCUT2D eigenvalue weighted by molar-refractivity contribution is -0.131. The molecule has 34 heavy (non-hydrogen) atoms. The number of aryl methyl sites for hydroxylation is 2. The molecule has 2 aromatic carbocycles. The minimum atomic E-state index is 0.177. The highest BCUT2D eigenvalue weighted by molar-refractivity contribution is 5.77. The van der Waals surface area contributed by atoms with Gasteiger partial charge in [0.25, 0.3) is 0 Å². The molecule has 2 heterocycles. The van der Waals surface area contributed by atoms with E-state index < -0.39 is 0 Å². The van der Waals surface area contributed by atoms with Gasteiger partial charge in [0.2, 0.25) is 5.91 Å². The van der Waals surface area contributed by atoms with E-state index in [2.05, 4.69) is 27.0 Å². The average Bonchev–Trinajstić information content (AvgIpc) is 2.88. The van der Waals surface area contributed by atoms with E-state index in [0.29, 0.717) is 38.3 Å². The summed E-state index contributed by atoms with van der Waals surface area (Å²) in [4.78, 5) is 26.3. The summed E-state index contributed by atoms with van der Waals surface area (Å²) in [5.41, 5.74) is 3.07. The number of piperazine rings is 1. The third kappa shape index (κ3) is 5.65. The van der Waals surface area contributed by atoms with E-state index in [1.54, 1.807) is 7.11 Å². The Kier molecular flexibility index (Phi) is 7.62. The standard InChI is InChI=1S/C27H32N4O3/c1-4-34-24-12-10-21(18-25(24)33-3)11-13-27(32)31-16-14-30(15-17-31)26-19-23(28-20(2)29-26)22-8-6-5-7-9-22/h5-10,12,18-19H,4,11,13-17H2,1-3H3. The number of amides is 1. The van der Waals surface area contributed by atoms with Crippen molar-refractivity contribution in [3.05, 3.63) is 66.0 Å². The van der Waals surface area contributed by atoms with Gasteiger partial charge in [-0.15, -0.1) is 0 Å². The summed E-state index contributed by atoms with van der Waals surface area (Å²) in [6, 6.07) is 18.1. The van der Waals surface area contributed by atoms with Gasteiger partial charge in [-0.2, -0.15) is 0 Å². The van der Waals surface area contributed by atoms with Crippen LogP contribution in [-0.4, -0.2) is 60.7 Å². The predicted molar refractivity (Wildman–Crippen MR) is 133 cm³/mol. The lowest BCUT2D eigenvalue weighted by atomic mass is 10.1. The first-order valence-electron chi connectivity index (χ1n) is 11.8. The Hall–Kier alpha value is -3.61. The molecule has 1 fully saturated rings. The molecule has 1 amide bonds. The summed E-state index contributed by atoms with van der Waals surface area (Å²) in [6.45, 7) is 7.35. The minimum absolute atomic E-state index is 0.177. The van der Waals surface area contributed by atoms with Crippen molar-refractivity contribution in [2.24, 2.45) is 0 Å². The molecular weight excluding hydrogens is 428 g/mol. The number of hydrogen-bond acceptors (Lipinski definition) is 6. The maximum atomic E-state index is 12.9. The van der Waals surface area contributed by atoms with Crippen LogP contribution in [0.2, 0.25) is 0 Å². The van der Waals surface area contributed by atoms with Gasteiger partial charge < -0.3 is 19.3 Å². The molecule has 7 nitrogen and oxygen atoms in total. The molecule has 3 aromatic rings. The Morgan fingerprint density at radius 1 is 0.971 bits per heavy atom. The van der Waals surface area contributed by atoms with Crippen LogP contribution < -0.4 is 14.4 Å². The monoisotopic (exact) mass is 460 g/mol. The van der Waals surface area contributed by atoms with E-state index in [1.165, 1.54) is 0 Å². The summed E-state index contributed by atoms with van der Waals surface area (Å²) in [5, 5.41) is 0. The maximum Gasteiger partial charge on any atom is 0.223 e. The Bertz CT molecular complexity index is 1110. The fraction of sp³-hybridized carbons (Fsp3) is 0.370. The quantitative estimate of drug-likeness (QED) is 0.503. The van der Waals surface area contributed by atoms with E-state index in [0.717, 1.165) is 47.3 Å². The number of hydrogen-bond donors (Lipinski definition) is 0. The van der Waals surface area contributed by atoms with Gasteiger partial charge in [-0.05, 0) is 38.0 Å². The Balaban J connectivity index is 1.33. The molecule has 0 aliphatic carbocycles. The van der Waals surface area contributed by atoms with Crippen molar-refractivity contribution in [1.29, 1.82) is 0 Å². The lowest BCUT2D eigenvalue weighted by Crippen LogP contribution is -2.49. The second kappa shape index (κ2) is 11.0. The highest BCUT2D eigenvalue weighted by Gasteiger charge is 2.22. The van der Waals surface area contributed by atoms with E-state index in [-0.39, 0.29) is 5.91 Å². The molecule has 1 aromatic heterocycles. The van der Waals surface area contributed by atoms with Gasteiger partial charge in [0.05, 0.1) is 19.4 Å². The molecule has 1 aliphatic rings. The lowest BCUT2D eigenvalue weighted by Gasteiger charge is -2.35. The zero-order valence-corrected chi connectivity index (χ0v) is 20.2. The number of benzene rings is 2. The maximum absolute atomic E-state index is 12.9. The molecule has 0 N–H and O–H groups in total. The van der Waals surface area contributed by atoms with Crippen molar-refractivity contribution in [3.8, 4) is 22.8 Å². The number of nitrogens with zero attached hydrogens (tertiary/aromatic N) is 4. The second-order valence-electron chi connectivity index (χ2n) is 8.31. The van der Waals surface area contributed by atoms with Crippen LogP contribution in [0.1, 0.15) is 24.7 Å². The van der Waals surface area contributed by atoms with Crippen LogP contribution in [0.4, 0.5) is 5.82 Å². The average molecular weight is 461 g/mol. The number of ether oxygens (including phenoxy) is 2. The fourth-order valence-corrected chi connectivity index (χ4v) is 4.21. The van der Waals surface area contributed by atoms with Crippen molar-refractivity contribution < 1.29 is 14.3 Å². The fourth-order valence-electron chi connectivity index (χ4n) is 4.21. The first kappa shape index (κ1) is 23.5. The second-order valence-corrected chi connectivity index (χ2v) is 8.31. The molecule has 0 bridgehead atoms. The molecule has 0 spiro atoms. The van der Waals surface area contributed by atoms with Crippen LogP contribution in [0, 0.1) is 6.92 Å². The third-order valence-electron chi connectivity index (χ3n) is 6.01. The highest BCUT2D eigenvalue weighted by atomic mass is 16.5. The van der Waals surface area contributed by atoms with Gasteiger partial charge in [-0.1, -0.05) is 36.4 Å². The van der Waals surface area contributed by atoms with Gasteiger partial charge in [0.15, 0.2) is 11.5 Å². The van der Waals surface area contributed by atoms with Crippen LogP contribution in [-0.2, 0) is 11.2 Å². The van der Waals surface area contributed by atoms with Crippen LogP contribution >= 0.6 is 0 Å². The van der Waals surface area contributed by atoms with Crippen LogP contribution in [0.3, 0.4) is 0 Å². The number of rotatable bonds is 8. The largest absolute Gasteiger partial charge is 0.493 e. The van der Waals surface area contributed by atoms with Gasteiger partial charge in [-0.3, -0.25) is 4.79 Å². The van der Waals surface area contributed by atoms with Crippen molar-refractivity contribution >= 4 is 11.7 Å². The van der Waals surface area contributed by atoms with E-state index in [9.17, 15) is 4.79 Å². The zero-order chi connectivity index (χ0) is 23.9. The molecule has 7 heteroatoms. The van der Waals surface area contributed by atoms with Gasteiger partial charge in [0.1, 0.15) is 11.6 Å². The number of carbonyl (C=O) groups is 1. The Labute approximate surface area is 201 Å². The minimum Gasteiger partial charge on any atom is -0.493 e. The number of anilines is 1. The van der Waals surface area contributed by atoms with Gasteiger partial charge in [-0.25, -0.2) is 9.97 Å². The van der Waals surface area contributed by atoms with E-state index >= 15 is 0 Å². The first-order chi connectivity index (χ1) is 16.6. The summed E-state index contributed by atoms with van der Waals surface area (Å²) >= 11 is 0. The Morgan fingerprint density at radius 3 is 2.44 bits per heavy atom. The van der Waals surface area contributed by atoms with Crippen molar-refractivity contribution in [2.45, 2.75) is 26.7 Å². The molecule has 0 saturated carbocycles. The number of methoxy groups -OCH3 is 1. The van der Waals surface area contributed by atoms with Gasteiger partial charge in [0, 0.05) is 44.2 Å². The SMILES string of the molecule is CCOc1ccc(CCC(=O)N2CCN(c3cc(-c4ccccc4)nc(C)n3)CC2)cc1OC. The molecule has 0 unspecified atom stereocenters. The normalized spacial score (nSPS) is 13.6. The first-order valence-corrected chi connectivity index (χ1v) is 11.8.